The standard InChI is InChI=1S/C20H21ClN2O5/c1-2-15-16(20(25)26)10-11-17(23(27)28)19(15)22-18(24)9-4-3-6-13-7-5-8-14(21)12-13/h5,7-8,10-12H,2-4,6,9H2,1H3,(H,22,24)(H,25,26)/p-1. The van der Waals surface area contributed by atoms with Crippen LogP contribution in [0.2, 0.25) is 5.02 Å². The van der Waals surface area contributed by atoms with Gasteiger partial charge in [-0.05, 0) is 55.0 Å². The van der Waals surface area contributed by atoms with Crippen molar-refractivity contribution in [1.82, 2.24) is 0 Å². The van der Waals surface area contributed by atoms with Gasteiger partial charge in [-0.15, -0.1) is 0 Å². The van der Waals surface area contributed by atoms with Crippen LogP contribution in [0.5, 0.6) is 0 Å². The highest BCUT2D eigenvalue weighted by molar-refractivity contribution is 6.30. The number of nitro groups is 1. The predicted octanol–water partition coefficient (Wildman–Crippen LogP) is 3.53. The molecule has 0 aliphatic rings. The number of hydrogen-bond acceptors (Lipinski definition) is 5. The first-order valence-electron chi connectivity index (χ1n) is 8.89. The second-order valence-corrected chi connectivity index (χ2v) is 6.71. The second kappa shape index (κ2) is 9.85. The number of carboxylic acid groups (broad SMARTS) is 1. The van der Waals surface area contributed by atoms with Crippen LogP contribution >= 0.6 is 11.6 Å². The predicted molar refractivity (Wildman–Crippen MR) is 104 cm³/mol. The second-order valence-electron chi connectivity index (χ2n) is 6.27. The molecule has 0 spiro atoms. The molecule has 0 atom stereocenters. The lowest BCUT2D eigenvalue weighted by Gasteiger charge is -2.15. The van der Waals surface area contributed by atoms with Gasteiger partial charge in [-0.1, -0.05) is 30.7 Å². The number of nitrogens with one attached hydrogen (secondary N) is 1. The maximum absolute atomic E-state index is 12.3. The lowest BCUT2D eigenvalue weighted by atomic mass is 10.0. The molecule has 0 bridgehead atoms. The quantitative estimate of drug-likeness (QED) is 0.391. The highest BCUT2D eigenvalue weighted by Crippen LogP contribution is 2.31. The van der Waals surface area contributed by atoms with Crippen LogP contribution in [0.1, 0.15) is 47.7 Å². The van der Waals surface area contributed by atoms with Crippen LogP contribution in [0.4, 0.5) is 11.4 Å². The van der Waals surface area contributed by atoms with Crippen molar-refractivity contribution >= 4 is 34.9 Å². The smallest absolute Gasteiger partial charge is 0.293 e. The summed E-state index contributed by atoms with van der Waals surface area (Å²) in [6, 6.07) is 9.67. The van der Waals surface area contributed by atoms with Gasteiger partial charge in [0.15, 0.2) is 0 Å². The molecule has 1 N–H and O–H groups in total. The third kappa shape index (κ3) is 5.53. The summed E-state index contributed by atoms with van der Waals surface area (Å²) in [5.41, 5.74) is 0.674. The molecule has 0 aromatic heterocycles. The summed E-state index contributed by atoms with van der Waals surface area (Å²) in [5.74, 6) is -1.84. The molecule has 0 saturated carbocycles. The van der Waals surface area contributed by atoms with Crippen LogP contribution in [0.25, 0.3) is 0 Å². The fourth-order valence-electron chi connectivity index (χ4n) is 2.99. The van der Waals surface area contributed by atoms with Gasteiger partial charge in [0.2, 0.25) is 5.91 Å². The van der Waals surface area contributed by atoms with E-state index in [1.54, 1.807) is 13.0 Å². The lowest BCUT2D eigenvalue weighted by Crippen LogP contribution is -2.25. The number of carbonyl (C=O) groups excluding carboxylic acids is 2. The Hall–Kier alpha value is -2.93. The van der Waals surface area contributed by atoms with Crippen molar-refractivity contribution in [2.75, 3.05) is 5.32 Å². The number of halogens is 1. The molecule has 0 radical (unpaired) electrons. The van der Waals surface area contributed by atoms with Gasteiger partial charge in [0.1, 0.15) is 5.69 Å². The fraction of sp³-hybridized carbons (Fsp3) is 0.300. The van der Waals surface area contributed by atoms with E-state index in [1.807, 2.05) is 18.2 Å². The summed E-state index contributed by atoms with van der Waals surface area (Å²) >= 11 is 5.94. The lowest BCUT2D eigenvalue weighted by molar-refractivity contribution is -0.384. The van der Waals surface area contributed by atoms with Gasteiger partial charge >= 0.3 is 0 Å². The van der Waals surface area contributed by atoms with E-state index in [1.165, 1.54) is 0 Å². The number of amides is 1. The van der Waals surface area contributed by atoms with Gasteiger partial charge in [0.05, 0.1) is 10.9 Å². The minimum atomic E-state index is -1.44. The average Bonchev–Trinajstić information content (AvgIpc) is 2.64. The molecule has 0 heterocycles. The summed E-state index contributed by atoms with van der Waals surface area (Å²) in [5, 5.41) is 25.7. The summed E-state index contributed by atoms with van der Waals surface area (Å²) in [6.45, 7) is 1.66. The number of aromatic carboxylic acids is 1. The molecule has 28 heavy (non-hydrogen) atoms. The minimum Gasteiger partial charge on any atom is -0.545 e. The summed E-state index contributed by atoms with van der Waals surface area (Å²) < 4.78 is 0. The number of benzene rings is 2. The zero-order valence-corrected chi connectivity index (χ0v) is 16.1. The first kappa shape index (κ1) is 21.4. The minimum absolute atomic E-state index is 0.0750. The number of aryl methyl sites for hydroxylation is 1. The highest BCUT2D eigenvalue weighted by atomic mass is 35.5. The molecule has 0 saturated heterocycles. The van der Waals surface area contributed by atoms with Crippen molar-refractivity contribution in [2.24, 2.45) is 0 Å². The van der Waals surface area contributed by atoms with E-state index in [0.29, 0.717) is 11.4 Å². The number of carbonyl (C=O) groups is 2. The Morgan fingerprint density at radius 1 is 1.18 bits per heavy atom. The number of nitro benzene ring substituents is 1. The molecule has 8 heteroatoms. The number of anilines is 1. The van der Waals surface area contributed by atoms with Crippen molar-refractivity contribution in [3.8, 4) is 0 Å². The first-order valence-corrected chi connectivity index (χ1v) is 9.27. The normalized spacial score (nSPS) is 10.5. The van der Waals surface area contributed by atoms with Crippen LogP contribution in [0, 0.1) is 10.1 Å². The molecule has 0 fully saturated rings. The van der Waals surface area contributed by atoms with Crippen molar-refractivity contribution in [1.29, 1.82) is 0 Å². The van der Waals surface area contributed by atoms with E-state index in [2.05, 4.69) is 5.32 Å². The van der Waals surface area contributed by atoms with E-state index in [9.17, 15) is 24.8 Å². The van der Waals surface area contributed by atoms with E-state index < -0.39 is 16.8 Å². The molecule has 0 aliphatic heterocycles. The third-order valence-corrected chi connectivity index (χ3v) is 4.57. The van der Waals surface area contributed by atoms with Gasteiger partial charge in [-0.2, -0.15) is 0 Å². The first-order chi connectivity index (χ1) is 13.3. The van der Waals surface area contributed by atoms with Crippen molar-refractivity contribution < 1.29 is 19.6 Å². The molecule has 148 valence electrons. The molecule has 1 amide bonds. The van der Waals surface area contributed by atoms with Gasteiger partial charge in [-0.3, -0.25) is 14.9 Å². The topological polar surface area (TPSA) is 112 Å². The van der Waals surface area contributed by atoms with Crippen molar-refractivity contribution in [2.45, 2.75) is 39.0 Å². The van der Waals surface area contributed by atoms with E-state index in [-0.39, 0.29) is 35.3 Å². The maximum atomic E-state index is 12.3. The molecule has 2 aromatic rings. The van der Waals surface area contributed by atoms with E-state index >= 15 is 0 Å². The van der Waals surface area contributed by atoms with Gasteiger partial charge in [-0.25, -0.2) is 0 Å². The summed E-state index contributed by atoms with van der Waals surface area (Å²) in [7, 11) is 0. The van der Waals surface area contributed by atoms with Crippen LogP contribution in [0.3, 0.4) is 0 Å². The number of rotatable bonds is 9. The largest absolute Gasteiger partial charge is 0.545 e. The van der Waals surface area contributed by atoms with Crippen LogP contribution in [-0.2, 0) is 17.6 Å². The van der Waals surface area contributed by atoms with Gasteiger partial charge in [0.25, 0.3) is 5.69 Å². The summed E-state index contributed by atoms with van der Waals surface area (Å²) in [4.78, 5) is 34.2. The Morgan fingerprint density at radius 3 is 2.54 bits per heavy atom. The molecule has 2 aromatic carbocycles. The van der Waals surface area contributed by atoms with E-state index in [0.717, 1.165) is 30.5 Å². The Morgan fingerprint density at radius 2 is 1.93 bits per heavy atom. The zero-order valence-electron chi connectivity index (χ0n) is 15.4. The molecule has 0 unspecified atom stereocenters. The molecule has 7 nitrogen and oxygen atoms in total. The van der Waals surface area contributed by atoms with Crippen molar-refractivity contribution in [3.63, 3.8) is 0 Å². The average molecular weight is 404 g/mol. The molecular formula is C20H20ClN2O5-. The molecule has 2 rings (SSSR count). The number of unbranched alkanes of at least 4 members (excludes halogenated alkanes) is 1. The SMILES string of the molecule is CCc1c(C(=O)[O-])ccc([N+](=O)[O-])c1NC(=O)CCCCc1cccc(Cl)c1. The highest BCUT2D eigenvalue weighted by Gasteiger charge is 2.22. The fourth-order valence-corrected chi connectivity index (χ4v) is 3.21. The molecular weight excluding hydrogens is 384 g/mol. The van der Waals surface area contributed by atoms with Crippen LogP contribution in [0.15, 0.2) is 36.4 Å². The Bertz CT molecular complexity index is 898. The zero-order chi connectivity index (χ0) is 20.7. The molecule has 0 aliphatic carbocycles. The van der Waals surface area contributed by atoms with Gasteiger partial charge in [0, 0.05) is 23.1 Å². The third-order valence-electron chi connectivity index (χ3n) is 4.33. The Kier molecular flexibility index (Phi) is 7.52. The number of hydrogen-bond donors (Lipinski definition) is 1. The monoisotopic (exact) mass is 403 g/mol. The Balaban J connectivity index is 2.04. The maximum Gasteiger partial charge on any atom is 0.293 e. The van der Waals surface area contributed by atoms with Gasteiger partial charge < -0.3 is 15.2 Å². The Labute approximate surface area is 167 Å². The van der Waals surface area contributed by atoms with Crippen LogP contribution in [-0.4, -0.2) is 16.8 Å². The van der Waals surface area contributed by atoms with E-state index in [4.69, 9.17) is 11.6 Å². The number of nitrogens with zero attached hydrogens (tertiary/aromatic N) is 1. The number of carboxylic acids is 1. The summed E-state index contributed by atoms with van der Waals surface area (Å²) in [6.07, 6.45) is 2.45. The van der Waals surface area contributed by atoms with Crippen LogP contribution < -0.4 is 10.4 Å². The van der Waals surface area contributed by atoms with Crippen molar-refractivity contribution in [3.05, 3.63) is 68.2 Å².